The van der Waals surface area contributed by atoms with Crippen LogP contribution in [0.2, 0.25) is 0 Å². The van der Waals surface area contributed by atoms with Crippen molar-refractivity contribution >= 4 is 11.7 Å². The predicted molar refractivity (Wildman–Crippen MR) is 76.6 cm³/mol. The van der Waals surface area contributed by atoms with Crippen LogP contribution in [-0.4, -0.2) is 43.3 Å². The molecule has 1 unspecified atom stereocenters. The molecule has 0 aromatic heterocycles. The molecule has 3 rings (SSSR count). The van der Waals surface area contributed by atoms with Crippen LogP contribution in [0.15, 0.2) is 30.3 Å². The molecule has 21 heavy (non-hydrogen) atoms. The quantitative estimate of drug-likeness (QED) is 0.802. The molecule has 2 aliphatic heterocycles. The Hall–Kier alpha value is -2.04. The average molecular weight is 291 g/mol. The summed E-state index contributed by atoms with van der Waals surface area (Å²) in [7, 11) is 2.96. The number of esters is 1. The molecule has 0 radical (unpaired) electrons. The average Bonchev–Trinajstić information content (AvgIpc) is 3.01. The Balaban J connectivity index is 1.93. The Morgan fingerprint density at radius 1 is 1.33 bits per heavy atom. The fourth-order valence-corrected chi connectivity index (χ4v) is 3.31. The number of rotatable bonds is 3. The zero-order chi connectivity index (χ0) is 15.0. The molecule has 4 nitrogen and oxygen atoms in total. The van der Waals surface area contributed by atoms with Gasteiger partial charge in [0.25, 0.3) is 0 Å². The fourth-order valence-electron chi connectivity index (χ4n) is 3.31. The second-order valence-corrected chi connectivity index (χ2v) is 5.46. The summed E-state index contributed by atoms with van der Waals surface area (Å²) in [6.45, 7) is 0.229. The van der Waals surface area contributed by atoms with E-state index < -0.39 is 11.7 Å². The van der Waals surface area contributed by atoms with Crippen LogP contribution in [0, 0.1) is 0 Å². The summed E-state index contributed by atoms with van der Waals surface area (Å²) < 4.78 is 23.9. The van der Waals surface area contributed by atoms with Gasteiger partial charge in [0.05, 0.1) is 20.8 Å². The number of carbonyl (C=O) groups excluding carboxylic acids is 1. The van der Waals surface area contributed by atoms with Crippen LogP contribution >= 0.6 is 0 Å². The molecule has 2 aliphatic rings. The van der Waals surface area contributed by atoms with Gasteiger partial charge in [-0.25, -0.2) is 9.18 Å². The van der Waals surface area contributed by atoms with E-state index >= 15 is 0 Å². The number of ether oxygens (including phenoxy) is 2. The molecule has 0 aliphatic carbocycles. The Labute approximate surface area is 123 Å². The molecule has 5 heteroatoms. The number of nitrogens with zero attached hydrogens (tertiary/aromatic N) is 1. The summed E-state index contributed by atoms with van der Waals surface area (Å²) in [4.78, 5) is 14.0. The summed E-state index contributed by atoms with van der Waals surface area (Å²) in [5.41, 5.74) is 0.975. The minimum atomic E-state index is -1.01. The van der Waals surface area contributed by atoms with Gasteiger partial charge in [0.2, 0.25) is 0 Å². The first-order valence-electron chi connectivity index (χ1n) is 6.95. The van der Waals surface area contributed by atoms with Crippen molar-refractivity contribution in [2.75, 3.05) is 20.8 Å². The zero-order valence-corrected chi connectivity index (χ0v) is 12.1. The van der Waals surface area contributed by atoms with Crippen molar-refractivity contribution < 1.29 is 18.7 Å². The van der Waals surface area contributed by atoms with Crippen molar-refractivity contribution in [3.8, 4) is 5.75 Å². The number of fused-ring (bicyclic) bond motifs is 1. The summed E-state index contributed by atoms with van der Waals surface area (Å²) in [6.07, 6.45) is 1.66. The number of benzene rings is 1. The second-order valence-electron chi connectivity index (χ2n) is 5.46. The van der Waals surface area contributed by atoms with Gasteiger partial charge in [-0.1, -0.05) is 6.08 Å². The second kappa shape index (κ2) is 5.06. The molecule has 2 atom stereocenters. The van der Waals surface area contributed by atoms with E-state index in [1.54, 1.807) is 7.11 Å². The van der Waals surface area contributed by atoms with Crippen LogP contribution in [0.5, 0.6) is 5.75 Å². The highest BCUT2D eigenvalue weighted by molar-refractivity contribution is 5.87. The molecule has 1 aromatic rings. The van der Waals surface area contributed by atoms with Gasteiger partial charge < -0.3 is 14.4 Å². The topological polar surface area (TPSA) is 38.8 Å². The third kappa shape index (κ3) is 2.07. The maximum atomic E-state index is 13.9. The van der Waals surface area contributed by atoms with Gasteiger partial charge in [-0.3, -0.25) is 0 Å². The molecule has 112 valence electrons. The van der Waals surface area contributed by atoms with Crippen LogP contribution in [0.1, 0.15) is 18.4 Å². The Bertz CT molecular complexity index is 584. The maximum Gasteiger partial charge on any atom is 0.332 e. The van der Waals surface area contributed by atoms with Crippen molar-refractivity contribution in [1.29, 1.82) is 0 Å². The van der Waals surface area contributed by atoms with Gasteiger partial charge in [-0.15, -0.1) is 0 Å². The number of hydrogen-bond donors (Lipinski definition) is 0. The number of methoxy groups -OCH3 is 2. The first-order valence-corrected chi connectivity index (χ1v) is 6.95. The Morgan fingerprint density at radius 2 is 2.05 bits per heavy atom. The molecule has 1 aromatic carbocycles. The number of alkyl halides is 1. The summed E-state index contributed by atoms with van der Waals surface area (Å²) >= 11 is 0. The van der Waals surface area contributed by atoms with E-state index in [0.717, 1.165) is 17.0 Å². The van der Waals surface area contributed by atoms with Crippen LogP contribution in [-0.2, 0) is 9.53 Å². The first kappa shape index (κ1) is 13.9. The highest BCUT2D eigenvalue weighted by atomic mass is 19.1. The monoisotopic (exact) mass is 291 g/mol. The van der Waals surface area contributed by atoms with Gasteiger partial charge in [0.15, 0.2) is 0 Å². The predicted octanol–water partition coefficient (Wildman–Crippen LogP) is 2.40. The third-order valence-corrected chi connectivity index (χ3v) is 4.33. The van der Waals surface area contributed by atoms with Crippen molar-refractivity contribution in [3.63, 3.8) is 0 Å². The third-order valence-electron chi connectivity index (χ3n) is 4.33. The lowest BCUT2D eigenvalue weighted by Gasteiger charge is -2.32. The summed E-state index contributed by atoms with van der Waals surface area (Å²) in [5, 5.41) is 0. The van der Waals surface area contributed by atoms with Crippen LogP contribution in [0.25, 0.3) is 5.70 Å². The molecule has 0 amide bonds. The van der Waals surface area contributed by atoms with E-state index in [0.29, 0.717) is 6.42 Å². The summed E-state index contributed by atoms with van der Waals surface area (Å²) in [6, 6.07) is 7.56. The lowest BCUT2D eigenvalue weighted by Crippen LogP contribution is -2.46. The maximum absolute atomic E-state index is 13.9. The lowest BCUT2D eigenvalue weighted by molar-refractivity contribution is -0.151. The van der Waals surface area contributed by atoms with Gasteiger partial charge >= 0.3 is 5.97 Å². The number of carbonyl (C=O) groups is 1. The largest absolute Gasteiger partial charge is 0.497 e. The zero-order valence-electron chi connectivity index (χ0n) is 12.1. The van der Waals surface area contributed by atoms with E-state index in [4.69, 9.17) is 9.47 Å². The number of hydrogen-bond acceptors (Lipinski definition) is 4. The van der Waals surface area contributed by atoms with Gasteiger partial charge in [-0.2, -0.15) is 0 Å². The van der Waals surface area contributed by atoms with E-state index in [-0.39, 0.29) is 18.9 Å². The molecule has 0 bridgehead atoms. The van der Waals surface area contributed by atoms with E-state index in [1.807, 2.05) is 35.2 Å². The standard InChI is InChI=1S/C16H18FNO3/c1-20-13-5-3-11(4-6-13)14-7-8-16(15(19)21-2)9-12(17)10-18(14)16/h3-7,12H,8-10H2,1-2H3/t12-,16?/m1/s1. The van der Waals surface area contributed by atoms with Crippen LogP contribution < -0.4 is 4.74 Å². The Kier molecular flexibility index (Phi) is 3.35. The van der Waals surface area contributed by atoms with Gasteiger partial charge in [-0.05, 0) is 29.8 Å². The smallest absolute Gasteiger partial charge is 0.332 e. The minimum absolute atomic E-state index is 0.190. The Morgan fingerprint density at radius 3 is 2.67 bits per heavy atom. The molecular formula is C16H18FNO3. The minimum Gasteiger partial charge on any atom is -0.497 e. The van der Waals surface area contributed by atoms with Crippen molar-refractivity contribution in [3.05, 3.63) is 35.9 Å². The SMILES string of the molecule is COC(=O)C12CC=C(c3ccc(OC)cc3)N1C[C@H](F)C2. The molecule has 0 saturated carbocycles. The van der Waals surface area contributed by atoms with Gasteiger partial charge in [0, 0.05) is 18.5 Å². The lowest BCUT2D eigenvalue weighted by atomic mass is 9.94. The van der Waals surface area contributed by atoms with Crippen LogP contribution in [0.4, 0.5) is 4.39 Å². The number of halogens is 1. The molecule has 0 spiro atoms. The van der Waals surface area contributed by atoms with E-state index in [2.05, 4.69) is 0 Å². The molecule has 0 N–H and O–H groups in total. The summed E-state index contributed by atoms with van der Waals surface area (Å²) in [5.74, 6) is 0.406. The molecule has 1 fully saturated rings. The van der Waals surface area contributed by atoms with Gasteiger partial charge in [0.1, 0.15) is 17.5 Å². The van der Waals surface area contributed by atoms with Crippen LogP contribution in [0.3, 0.4) is 0 Å². The first-order chi connectivity index (χ1) is 10.1. The molecule has 1 saturated heterocycles. The fraction of sp³-hybridized carbons (Fsp3) is 0.438. The highest BCUT2D eigenvalue weighted by Gasteiger charge is 2.55. The normalized spacial score (nSPS) is 27.3. The van der Waals surface area contributed by atoms with E-state index in [1.165, 1.54) is 7.11 Å². The van der Waals surface area contributed by atoms with Crippen molar-refractivity contribution in [2.45, 2.75) is 24.6 Å². The van der Waals surface area contributed by atoms with Crippen molar-refractivity contribution in [1.82, 2.24) is 4.90 Å². The highest BCUT2D eigenvalue weighted by Crippen LogP contribution is 2.46. The molecule has 2 heterocycles. The van der Waals surface area contributed by atoms with Crippen molar-refractivity contribution in [2.24, 2.45) is 0 Å². The van der Waals surface area contributed by atoms with E-state index in [9.17, 15) is 9.18 Å². The molecular weight excluding hydrogens is 273 g/mol.